The number of nitrogens with one attached hydrogen (secondary N) is 1. The van der Waals surface area contributed by atoms with Gasteiger partial charge in [0.15, 0.2) is 4.67 Å². The summed E-state index contributed by atoms with van der Waals surface area (Å²) in [5.74, 6) is 0.896. The quantitative estimate of drug-likeness (QED) is 0.801. The smallest absolute Gasteiger partial charge is 0.183 e. The molecule has 0 aliphatic heterocycles. The van der Waals surface area contributed by atoms with E-state index in [1.54, 1.807) is 11.3 Å². The lowest BCUT2D eigenvalue weighted by molar-refractivity contribution is 0.446. The second-order valence-electron chi connectivity index (χ2n) is 3.96. The van der Waals surface area contributed by atoms with Crippen LogP contribution in [0.15, 0.2) is 25.8 Å². The zero-order valence-corrected chi connectivity index (χ0v) is 14.2. The summed E-state index contributed by atoms with van der Waals surface area (Å²) in [5.41, 5.74) is 0. The van der Waals surface area contributed by atoms with Crippen molar-refractivity contribution in [3.05, 3.63) is 37.1 Å². The summed E-state index contributed by atoms with van der Waals surface area (Å²) in [6.07, 6.45) is 3.00. The Morgan fingerprint density at radius 1 is 1.50 bits per heavy atom. The van der Waals surface area contributed by atoms with Gasteiger partial charge in [0.2, 0.25) is 0 Å². The molecule has 0 spiro atoms. The average molecular weight is 394 g/mol. The summed E-state index contributed by atoms with van der Waals surface area (Å²) in [6, 6.07) is 2.20. The molecule has 0 bridgehead atoms. The Hall–Kier alpha value is -0.170. The van der Waals surface area contributed by atoms with Gasteiger partial charge in [-0.15, -0.1) is 11.3 Å². The van der Waals surface area contributed by atoms with Crippen molar-refractivity contribution in [1.82, 2.24) is 10.3 Å². The Kier molecular flexibility index (Phi) is 5.00. The van der Waals surface area contributed by atoms with Gasteiger partial charge in [-0.2, -0.15) is 0 Å². The van der Waals surface area contributed by atoms with Crippen molar-refractivity contribution in [2.24, 2.45) is 0 Å². The minimum absolute atomic E-state index is 0.234. The lowest BCUT2D eigenvalue weighted by atomic mass is 10.3. The highest BCUT2D eigenvalue weighted by atomic mass is 79.9. The summed E-state index contributed by atoms with van der Waals surface area (Å²) in [5, 5.41) is 4.53. The van der Waals surface area contributed by atoms with Crippen LogP contribution in [0.25, 0.3) is 0 Å². The summed E-state index contributed by atoms with van der Waals surface area (Å²) >= 11 is 8.49. The maximum absolute atomic E-state index is 5.52. The molecule has 1 N–H and O–H groups in total. The molecule has 6 heteroatoms. The number of hydrogen-bond donors (Lipinski definition) is 1. The van der Waals surface area contributed by atoms with Gasteiger partial charge in [-0.1, -0.05) is 6.92 Å². The van der Waals surface area contributed by atoms with Gasteiger partial charge < -0.3 is 9.73 Å². The minimum atomic E-state index is 0.234. The Morgan fingerprint density at radius 3 is 2.83 bits per heavy atom. The lowest BCUT2D eigenvalue weighted by Gasteiger charge is -2.09. The van der Waals surface area contributed by atoms with Crippen LogP contribution in [0.4, 0.5) is 0 Å². The van der Waals surface area contributed by atoms with Gasteiger partial charge in [-0.3, -0.25) is 0 Å². The van der Waals surface area contributed by atoms with Gasteiger partial charge in [-0.05, 0) is 51.3 Å². The highest BCUT2D eigenvalue weighted by molar-refractivity contribution is 9.13. The van der Waals surface area contributed by atoms with Gasteiger partial charge in [0.1, 0.15) is 10.8 Å². The van der Waals surface area contributed by atoms with Crippen LogP contribution in [0.1, 0.15) is 35.5 Å². The van der Waals surface area contributed by atoms with Gasteiger partial charge in [-0.25, -0.2) is 4.98 Å². The number of halogens is 2. The summed E-state index contributed by atoms with van der Waals surface area (Å²) in [6.45, 7) is 4.95. The van der Waals surface area contributed by atoms with E-state index >= 15 is 0 Å². The van der Waals surface area contributed by atoms with Gasteiger partial charge in [0.05, 0.1) is 17.1 Å². The van der Waals surface area contributed by atoms with Crippen molar-refractivity contribution in [2.45, 2.75) is 32.9 Å². The third-order valence-corrected chi connectivity index (χ3v) is 5.60. The highest BCUT2D eigenvalue weighted by Gasteiger charge is 2.11. The van der Waals surface area contributed by atoms with Crippen LogP contribution < -0.4 is 5.32 Å². The van der Waals surface area contributed by atoms with E-state index < -0.39 is 0 Å². The van der Waals surface area contributed by atoms with E-state index in [4.69, 9.17) is 4.42 Å². The zero-order valence-electron chi connectivity index (χ0n) is 10.2. The van der Waals surface area contributed by atoms with Crippen molar-refractivity contribution >= 4 is 43.2 Å². The minimum Gasteiger partial charge on any atom is -0.452 e. The molecule has 18 heavy (non-hydrogen) atoms. The molecule has 0 radical (unpaired) electrons. The third-order valence-electron chi connectivity index (χ3n) is 2.57. The monoisotopic (exact) mass is 392 g/mol. The average Bonchev–Trinajstić information content (AvgIpc) is 2.94. The number of nitrogens with zero attached hydrogens (tertiary/aromatic N) is 1. The highest BCUT2D eigenvalue weighted by Crippen LogP contribution is 2.27. The Bertz CT molecular complexity index is 504. The van der Waals surface area contributed by atoms with Crippen LogP contribution in [0.2, 0.25) is 0 Å². The van der Waals surface area contributed by atoms with Crippen molar-refractivity contribution in [3.8, 4) is 0 Å². The van der Waals surface area contributed by atoms with E-state index in [9.17, 15) is 0 Å². The molecule has 0 aromatic carbocycles. The number of aromatic nitrogens is 1. The molecule has 0 saturated carbocycles. The van der Waals surface area contributed by atoms with E-state index in [0.29, 0.717) is 6.54 Å². The molecule has 2 heterocycles. The molecular formula is C12H14Br2N2OS. The summed E-state index contributed by atoms with van der Waals surface area (Å²) < 4.78 is 7.19. The lowest BCUT2D eigenvalue weighted by Crippen LogP contribution is -2.17. The predicted octanol–water partition coefficient (Wildman–Crippen LogP) is 4.67. The number of rotatable bonds is 5. The van der Waals surface area contributed by atoms with E-state index in [0.717, 1.165) is 26.3 Å². The van der Waals surface area contributed by atoms with Crippen molar-refractivity contribution in [2.75, 3.05) is 0 Å². The first kappa shape index (κ1) is 14.2. The number of furan rings is 1. The molecule has 0 fully saturated rings. The Balaban J connectivity index is 1.93. The molecule has 98 valence electrons. The normalized spacial score (nSPS) is 12.9. The van der Waals surface area contributed by atoms with Crippen molar-refractivity contribution < 1.29 is 4.42 Å². The molecule has 0 aliphatic carbocycles. The van der Waals surface area contributed by atoms with Crippen LogP contribution in [0, 0.1) is 0 Å². The Labute approximate surface area is 127 Å². The van der Waals surface area contributed by atoms with E-state index in [2.05, 4.69) is 56.0 Å². The van der Waals surface area contributed by atoms with Crippen LogP contribution in [-0.4, -0.2) is 4.98 Å². The van der Waals surface area contributed by atoms with Crippen LogP contribution in [-0.2, 0) is 13.0 Å². The van der Waals surface area contributed by atoms with Crippen molar-refractivity contribution in [1.29, 1.82) is 0 Å². The van der Waals surface area contributed by atoms with Gasteiger partial charge in [0.25, 0.3) is 0 Å². The first-order valence-electron chi connectivity index (χ1n) is 5.71. The van der Waals surface area contributed by atoms with Crippen molar-refractivity contribution in [3.63, 3.8) is 0 Å². The molecular weight excluding hydrogens is 380 g/mol. The van der Waals surface area contributed by atoms with Gasteiger partial charge in [0, 0.05) is 11.1 Å². The maximum Gasteiger partial charge on any atom is 0.183 e. The molecule has 1 atom stereocenters. The fourth-order valence-corrected chi connectivity index (χ4v) is 3.05. The molecule has 0 saturated heterocycles. The first-order chi connectivity index (χ1) is 8.60. The largest absolute Gasteiger partial charge is 0.452 e. The maximum atomic E-state index is 5.52. The third kappa shape index (κ3) is 3.44. The second kappa shape index (κ2) is 6.32. The van der Waals surface area contributed by atoms with Crippen LogP contribution >= 0.6 is 43.2 Å². The number of hydrogen-bond acceptors (Lipinski definition) is 4. The summed E-state index contributed by atoms with van der Waals surface area (Å²) in [4.78, 5) is 5.75. The standard InChI is InChI=1S/C12H14Br2N2OS/c1-3-9-6-16-12(18-9)7(2)15-5-8-4-10(13)11(14)17-8/h4,6-7,15H,3,5H2,1-2H3. The fraction of sp³-hybridized carbons (Fsp3) is 0.417. The number of thiazole rings is 1. The van der Waals surface area contributed by atoms with E-state index in [-0.39, 0.29) is 6.04 Å². The van der Waals surface area contributed by atoms with Crippen LogP contribution in [0.5, 0.6) is 0 Å². The first-order valence-corrected chi connectivity index (χ1v) is 8.12. The van der Waals surface area contributed by atoms with E-state index in [1.807, 2.05) is 12.3 Å². The molecule has 3 nitrogen and oxygen atoms in total. The molecule has 1 unspecified atom stereocenters. The molecule has 2 aromatic heterocycles. The predicted molar refractivity (Wildman–Crippen MR) is 80.9 cm³/mol. The molecule has 0 amide bonds. The van der Waals surface area contributed by atoms with Gasteiger partial charge >= 0.3 is 0 Å². The second-order valence-corrected chi connectivity index (χ2v) is 6.68. The summed E-state index contributed by atoms with van der Waals surface area (Å²) in [7, 11) is 0. The Morgan fingerprint density at radius 2 is 2.28 bits per heavy atom. The molecule has 2 aromatic rings. The SMILES string of the molecule is CCc1cnc(C(C)NCc2cc(Br)c(Br)o2)s1. The molecule has 2 rings (SSSR count). The topological polar surface area (TPSA) is 38.1 Å². The molecule has 0 aliphatic rings. The van der Waals surface area contributed by atoms with Crippen LogP contribution in [0.3, 0.4) is 0 Å². The fourth-order valence-electron chi connectivity index (χ4n) is 1.51. The zero-order chi connectivity index (χ0) is 13.1. The number of aryl methyl sites for hydroxylation is 1. The van der Waals surface area contributed by atoms with E-state index in [1.165, 1.54) is 4.88 Å².